The zero-order valence-corrected chi connectivity index (χ0v) is 7.26. The van der Waals surface area contributed by atoms with Crippen molar-refractivity contribution in [2.45, 2.75) is 39.3 Å². The average molecular weight is 157 g/mol. The lowest BCUT2D eigenvalue weighted by Gasteiger charge is -2.14. The van der Waals surface area contributed by atoms with Crippen LogP contribution in [-0.2, 0) is 4.74 Å². The molecular formula is C8H15NO2. The molecule has 1 rings (SSSR count). The molecule has 0 bridgehead atoms. The van der Waals surface area contributed by atoms with Crippen LogP contribution in [0.4, 0.5) is 4.79 Å². The highest BCUT2D eigenvalue weighted by molar-refractivity contribution is 5.70. The molecule has 3 heteroatoms. The van der Waals surface area contributed by atoms with Gasteiger partial charge in [0.2, 0.25) is 0 Å². The van der Waals surface area contributed by atoms with E-state index in [9.17, 15) is 4.79 Å². The number of ether oxygens (including phenoxy) is 1. The Kier molecular flexibility index (Phi) is 2.37. The van der Waals surface area contributed by atoms with Crippen molar-refractivity contribution in [3.8, 4) is 0 Å². The van der Waals surface area contributed by atoms with Crippen LogP contribution in [0.15, 0.2) is 0 Å². The summed E-state index contributed by atoms with van der Waals surface area (Å²) < 4.78 is 4.92. The zero-order valence-electron chi connectivity index (χ0n) is 7.26. The molecule has 1 fully saturated rings. The SMILES string of the molecule is CC(C)C[C@@H]1NC(=O)O[C@@H]1C. The molecule has 0 aromatic carbocycles. The predicted octanol–water partition coefficient (Wildman–Crippen LogP) is 1.53. The van der Waals surface area contributed by atoms with Crippen LogP contribution in [0.1, 0.15) is 27.2 Å². The molecule has 1 aliphatic rings. The van der Waals surface area contributed by atoms with E-state index in [2.05, 4.69) is 19.2 Å². The highest BCUT2D eigenvalue weighted by Crippen LogP contribution is 2.15. The van der Waals surface area contributed by atoms with Crippen molar-refractivity contribution in [2.75, 3.05) is 0 Å². The normalized spacial score (nSPS) is 30.4. The van der Waals surface area contributed by atoms with E-state index >= 15 is 0 Å². The Balaban J connectivity index is 2.40. The second-order valence-corrected chi connectivity index (χ2v) is 3.49. The van der Waals surface area contributed by atoms with E-state index in [1.54, 1.807) is 0 Å². The molecule has 1 aliphatic heterocycles. The van der Waals surface area contributed by atoms with Crippen molar-refractivity contribution in [1.29, 1.82) is 0 Å². The quantitative estimate of drug-likeness (QED) is 0.660. The van der Waals surface area contributed by atoms with Gasteiger partial charge in [-0.25, -0.2) is 4.79 Å². The molecule has 1 saturated heterocycles. The minimum Gasteiger partial charge on any atom is -0.444 e. The number of carbonyl (C=O) groups is 1. The predicted molar refractivity (Wildman–Crippen MR) is 42.3 cm³/mol. The summed E-state index contributed by atoms with van der Waals surface area (Å²) in [5.41, 5.74) is 0. The first-order valence-corrected chi connectivity index (χ1v) is 4.06. The summed E-state index contributed by atoms with van der Waals surface area (Å²) in [6, 6.07) is 0.211. The van der Waals surface area contributed by atoms with Crippen molar-refractivity contribution >= 4 is 6.09 Å². The molecule has 0 radical (unpaired) electrons. The summed E-state index contributed by atoms with van der Waals surface area (Å²) in [5, 5.41) is 2.77. The van der Waals surface area contributed by atoms with Crippen LogP contribution in [0, 0.1) is 5.92 Å². The second kappa shape index (κ2) is 3.11. The topological polar surface area (TPSA) is 38.3 Å². The molecule has 11 heavy (non-hydrogen) atoms. The minimum atomic E-state index is -0.275. The maximum absolute atomic E-state index is 10.7. The largest absolute Gasteiger partial charge is 0.444 e. The van der Waals surface area contributed by atoms with Gasteiger partial charge in [0, 0.05) is 0 Å². The summed E-state index contributed by atoms with van der Waals surface area (Å²) in [4.78, 5) is 10.7. The third kappa shape index (κ3) is 2.10. The molecule has 2 atom stereocenters. The summed E-state index contributed by atoms with van der Waals surface area (Å²) in [6.07, 6.45) is 0.750. The van der Waals surface area contributed by atoms with E-state index in [4.69, 9.17) is 4.74 Å². The zero-order chi connectivity index (χ0) is 8.43. The molecule has 64 valence electrons. The molecule has 0 saturated carbocycles. The van der Waals surface area contributed by atoms with Crippen LogP contribution in [0.2, 0.25) is 0 Å². The fraction of sp³-hybridized carbons (Fsp3) is 0.875. The van der Waals surface area contributed by atoms with Crippen LogP contribution >= 0.6 is 0 Å². The van der Waals surface area contributed by atoms with Crippen molar-refractivity contribution in [3.63, 3.8) is 0 Å². The molecule has 1 N–H and O–H groups in total. The van der Waals surface area contributed by atoms with E-state index in [1.807, 2.05) is 6.92 Å². The summed E-state index contributed by atoms with van der Waals surface area (Å²) in [6.45, 7) is 6.19. The minimum absolute atomic E-state index is 0.0323. The van der Waals surface area contributed by atoms with Crippen LogP contribution < -0.4 is 5.32 Å². The first kappa shape index (κ1) is 8.37. The van der Waals surface area contributed by atoms with Gasteiger partial charge in [-0.15, -0.1) is 0 Å². The number of alkyl carbamates (subject to hydrolysis) is 1. The number of hydrogen-bond acceptors (Lipinski definition) is 2. The lowest BCUT2D eigenvalue weighted by atomic mass is 10.0. The molecule has 1 amide bonds. The number of amides is 1. The Hall–Kier alpha value is -0.730. The summed E-state index contributed by atoms with van der Waals surface area (Å²) in [5.74, 6) is 0.601. The fourth-order valence-corrected chi connectivity index (χ4v) is 1.31. The third-order valence-electron chi connectivity index (χ3n) is 1.89. The van der Waals surface area contributed by atoms with Crippen molar-refractivity contribution in [1.82, 2.24) is 5.32 Å². The second-order valence-electron chi connectivity index (χ2n) is 3.49. The molecule has 0 unspecified atom stereocenters. The van der Waals surface area contributed by atoms with Crippen molar-refractivity contribution in [2.24, 2.45) is 5.92 Å². The number of hydrogen-bond donors (Lipinski definition) is 1. The number of carbonyl (C=O) groups excluding carboxylic acids is 1. The lowest BCUT2D eigenvalue weighted by molar-refractivity contribution is 0.138. The van der Waals surface area contributed by atoms with Crippen molar-refractivity contribution in [3.05, 3.63) is 0 Å². The van der Waals surface area contributed by atoms with Crippen molar-refractivity contribution < 1.29 is 9.53 Å². The standard InChI is InChI=1S/C8H15NO2/c1-5(2)4-7-6(3)11-8(10)9-7/h5-7H,4H2,1-3H3,(H,9,10)/t6-,7+/m1/s1. The fourth-order valence-electron chi connectivity index (χ4n) is 1.31. The van der Waals surface area contributed by atoms with Crippen LogP contribution in [-0.4, -0.2) is 18.2 Å². The van der Waals surface area contributed by atoms with E-state index in [0.29, 0.717) is 5.92 Å². The maximum atomic E-state index is 10.7. The van der Waals surface area contributed by atoms with E-state index in [-0.39, 0.29) is 18.2 Å². The number of cyclic esters (lactones) is 1. The van der Waals surface area contributed by atoms with Gasteiger partial charge in [-0.2, -0.15) is 0 Å². The van der Waals surface area contributed by atoms with Gasteiger partial charge in [0.1, 0.15) is 6.10 Å². The number of nitrogens with one attached hydrogen (secondary N) is 1. The Bertz CT molecular complexity index is 156. The van der Waals surface area contributed by atoms with E-state index in [1.165, 1.54) is 0 Å². The summed E-state index contributed by atoms with van der Waals surface area (Å²) >= 11 is 0. The highest BCUT2D eigenvalue weighted by Gasteiger charge is 2.30. The van der Waals surface area contributed by atoms with E-state index < -0.39 is 0 Å². The van der Waals surface area contributed by atoms with Crippen LogP contribution in [0.25, 0.3) is 0 Å². The maximum Gasteiger partial charge on any atom is 0.407 e. The molecule has 0 aromatic heterocycles. The molecule has 1 heterocycles. The van der Waals surface area contributed by atoms with E-state index in [0.717, 1.165) is 6.42 Å². The van der Waals surface area contributed by atoms with Gasteiger partial charge in [0.15, 0.2) is 0 Å². The van der Waals surface area contributed by atoms with Crippen LogP contribution in [0.5, 0.6) is 0 Å². The molecule has 0 aliphatic carbocycles. The monoisotopic (exact) mass is 157 g/mol. The van der Waals surface area contributed by atoms with Crippen LogP contribution in [0.3, 0.4) is 0 Å². The summed E-state index contributed by atoms with van der Waals surface area (Å²) in [7, 11) is 0. The Morgan fingerprint density at radius 3 is 2.64 bits per heavy atom. The third-order valence-corrected chi connectivity index (χ3v) is 1.89. The highest BCUT2D eigenvalue weighted by atomic mass is 16.6. The smallest absolute Gasteiger partial charge is 0.407 e. The molecule has 3 nitrogen and oxygen atoms in total. The van der Waals surface area contributed by atoms with Gasteiger partial charge in [-0.1, -0.05) is 13.8 Å². The first-order chi connectivity index (χ1) is 5.09. The molecular weight excluding hydrogens is 142 g/mol. The molecule has 0 spiro atoms. The van der Waals surface area contributed by atoms with Gasteiger partial charge < -0.3 is 10.1 Å². The van der Waals surface area contributed by atoms with Gasteiger partial charge in [-0.05, 0) is 19.3 Å². The Labute approximate surface area is 67.1 Å². The Morgan fingerprint density at radius 1 is 1.64 bits per heavy atom. The van der Waals surface area contributed by atoms with Gasteiger partial charge in [0.05, 0.1) is 6.04 Å². The van der Waals surface area contributed by atoms with Gasteiger partial charge in [0.25, 0.3) is 0 Å². The van der Waals surface area contributed by atoms with Gasteiger partial charge >= 0.3 is 6.09 Å². The Morgan fingerprint density at radius 2 is 2.27 bits per heavy atom. The average Bonchev–Trinajstić information content (AvgIpc) is 2.09. The first-order valence-electron chi connectivity index (χ1n) is 4.06. The van der Waals surface area contributed by atoms with Gasteiger partial charge in [-0.3, -0.25) is 0 Å². The number of rotatable bonds is 2. The molecule has 0 aromatic rings. The lowest BCUT2D eigenvalue weighted by Crippen LogP contribution is -2.31.